The summed E-state index contributed by atoms with van der Waals surface area (Å²) in [6, 6.07) is 17.3. The summed E-state index contributed by atoms with van der Waals surface area (Å²) in [4.78, 5) is 31.9. The van der Waals surface area contributed by atoms with Gasteiger partial charge in [-0.2, -0.15) is 0 Å². The van der Waals surface area contributed by atoms with Gasteiger partial charge in [0.1, 0.15) is 5.56 Å². The summed E-state index contributed by atoms with van der Waals surface area (Å²) in [5, 5.41) is 3.93. The number of ether oxygens (including phenoxy) is 1. The van der Waals surface area contributed by atoms with Crippen LogP contribution in [-0.4, -0.2) is 36.6 Å². The van der Waals surface area contributed by atoms with Gasteiger partial charge in [-0.1, -0.05) is 36.4 Å². The predicted octanol–water partition coefficient (Wildman–Crippen LogP) is 4.27. The van der Waals surface area contributed by atoms with Gasteiger partial charge in [0.2, 0.25) is 5.91 Å². The molecule has 0 spiro atoms. The number of carbonyl (C=O) groups excluding carboxylic acids is 2. The first-order valence-electron chi connectivity index (χ1n) is 10.3. The molecule has 0 radical (unpaired) electrons. The zero-order chi connectivity index (χ0) is 20.9. The zero-order valence-electron chi connectivity index (χ0n) is 17.0. The maximum Gasteiger partial charge on any atom is 0.341 e. The van der Waals surface area contributed by atoms with E-state index in [1.54, 1.807) is 13.1 Å². The molecule has 4 rings (SSSR count). The highest BCUT2D eigenvalue weighted by Gasteiger charge is 2.28. The Morgan fingerprint density at radius 1 is 1.07 bits per heavy atom. The molecule has 1 aliphatic rings. The van der Waals surface area contributed by atoms with Crippen molar-refractivity contribution in [2.24, 2.45) is 5.92 Å². The first-order chi connectivity index (χ1) is 14.7. The third-order valence-electron chi connectivity index (χ3n) is 5.47. The van der Waals surface area contributed by atoms with Crippen molar-refractivity contribution in [1.29, 1.82) is 0 Å². The number of amides is 1. The number of carbonyl (C=O) groups is 2. The number of rotatable bonds is 5. The van der Waals surface area contributed by atoms with Gasteiger partial charge in [0.05, 0.1) is 17.8 Å². The third kappa shape index (κ3) is 4.13. The van der Waals surface area contributed by atoms with Crippen LogP contribution in [0.4, 0.5) is 11.4 Å². The number of aromatic nitrogens is 1. The van der Waals surface area contributed by atoms with E-state index in [-0.39, 0.29) is 17.8 Å². The van der Waals surface area contributed by atoms with Crippen LogP contribution in [0, 0.1) is 5.92 Å². The number of esters is 1. The molecule has 1 aliphatic heterocycles. The van der Waals surface area contributed by atoms with Gasteiger partial charge in [-0.3, -0.25) is 9.78 Å². The normalized spacial score (nSPS) is 14.5. The summed E-state index contributed by atoms with van der Waals surface area (Å²) in [7, 11) is 0. The molecule has 3 aromatic rings. The lowest BCUT2D eigenvalue weighted by Crippen LogP contribution is -2.39. The van der Waals surface area contributed by atoms with Crippen LogP contribution in [0.3, 0.4) is 0 Å². The maximum absolute atomic E-state index is 12.7. The fraction of sp³-hybridized carbons (Fsp3) is 0.292. The summed E-state index contributed by atoms with van der Waals surface area (Å²) in [6.07, 6.45) is 3.04. The van der Waals surface area contributed by atoms with E-state index in [1.165, 1.54) is 0 Å². The zero-order valence-corrected chi connectivity index (χ0v) is 17.0. The number of benzene rings is 2. The van der Waals surface area contributed by atoms with E-state index in [4.69, 9.17) is 4.74 Å². The van der Waals surface area contributed by atoms with E-state index in [9.17, 15) is 9.59 Å². The second kappa shape index (κ2) is 8.95. The molecule has 0 saturated carbocycles. The van der Waals surface area contributed by atoms with Gasteiger partial charge in [0, 0.05) is 36.3 Å². The number of hydrogen-bond donors (Lipinski definition) is 1. The Hall–Kier alpha value is -3.41. The fourth-order valence-electron chi connectivity index (χ4n) is 3.96. The molecule has 0 atom stereocenters. The number of pyridine rings is 1. The van der Waals surface area contributed by atoms with Crippen molar-refractivity contribution in [1.82, 2.24) is 4.98 Å². The van der Waals surface area contributed by atoms with Crippen LogP contribution in [0.15, 0.2) is 60.8 Å². The van der Waals surface area contributed by atoms with Crippen LogP contribution < -0.4 is 10.2 Å². The smallest absolute Gasteiger partial charge is 0.341 e. The van der Waals surface area contributed by atoms with E-state index in [1.807, 2.05) is 54.6 Å². The average Bonchev–Trinajstić information content (AvgIpc) is 2.79. The van der Waals surface area contributed by atoms with Crippen molar-refractivity contribution in [2.75, 3.05) is 29.9 Å². The molecule has 1 saturated heterocycles. The Morgan fingerprint density at radius 3 is 2.50 bits per heavy atom. The Bertz CT molecular complexity index is 1040. The number of hydrogen-bond acceptors (Lipinski definition) is 5. The Kier molecular flexibility index (Phi) is 5.93. The average molecular weight is 403 g/mol. The second-order valence-electron chi connectivity index (χ2n) is 7.37. The summed E-state index contributed by atoms with van der Waals surface area (Å²) in [5.41, 5.74) is 2.97. The second-order valence-corrected chi connectivity index (χ2v) is 7.37. The Balaban J connectivity index is 1.54. The summed E-state index contributed by atoms with van der Waals surface area (Å²) in [5.74, 6) is -0.374. The van der Waals surface area contributed by atoms with Crippen molar-refractivity contribution >= 4 is 34.2 Å². The van der Waals surface area contributed by atoms with Gasteiger partial charge >= 0.3 is 5.97 Å². The summed E-state index contributed by atoms with van der Waals surface area (Å²) in [6.45, 7) is 3.48. The molecule has 2 heterocycles. The first kappa shape index (κ1) is 19.9. The molecule has 1 amide bonds. The molecule has 30 heavy (non-hydrogen) atoms. The van der Waals surface area contributed by atoms with Crippen molar-refractivity contribution in [3.05, 3.63) is 66.4 Å². The number of para-hydroxylation sites is 2. The van der Waals surface area contributed by atoms with Gasteiger partial charge in [-0.05, 0) is 38.0 Å². The molecule has 0 bridgehead atoms. The van der Waals surface area contributed by atoms with Crippen LogP contribution in [0.1, 0.15) is 30.1 Å². The summed E-state index contributed by atoms with van der Waals surface area (Å²) >= 11 is 0. The highest BCUT2D eigenvalue weighted by atomic mass is 16.5. The van der Waals surface area contributed by atoms with Crippen LogP contribution in [0.2, 0.25) is 0 Å². The standard InChI is InChI=1S/C24H25N3O3/c1-2-30-24(29)20-16-25-21-11-7-6-10-19(21)22(20)27-14-12-17(13-15-27)23(28)26-18-8-4-3-5-9-18/h3-11,16-17H,2,12-15H2,1H3,(H,26,28). The molecule has 1 fully saturated rings. The Morgan fingerprint density at radius 2 is 1.77 bits per heavy atom. The molecule has 6 heteroatoms. The molecule has 0 unspecified atom stereocenters. The summed E-state index contributed by atoms with van der Waals surface area (Å²) < 4.78 is 5.26. The van der Waals surface area contributed by atoms with Crippen LogP contribution in [0.25, 0.3) is 10.9 Å². The number of anilines is 2. The SMILES string of the molecule is CCOC(=O)c1cnc2ccccc2c1N1CCC(C(=O)Nc2ccccc2)CC1. The van der Waals surface area contributed by atoms with Gasteiger partial charge in [-0.15, -0.1) is 0 Å². The van der Waals surface area contributed by atoms with E-state index in [2.05, 4.69) is 15.2 Å². The van der Waals surface area contributed by atoms with Crippen LogP contribution in [-0.2, 0) is 9.53 Å². The van der Waals surface area contributed by atoms with Crippen molar-refractivity contribution in [3.63, 3.8) is 0 Å². The first-order valence-corrected chi connectivity index (χ1v) is 10.3. The molecular formula is C24H25N3O3. The number of piperidine rings is 1. The molecular weight excluding hydrogens is 378 g/mol. The van der Waals surface area contributed by atoms with E-state index >= 15 is 0 Å². The minimum atomic E-state index is -0.366. The van der Waals surface area contributed by atoms with Crippen molar-refractivity contribution in [3.8, 4) is 0 Å². The molecule has 6 nitrogen and oxygen atoms in total. The maximum atomic E-state index is 12.7. The fourth-order valence-corrected chi connectivity index (χ4v) is 3.96. The van der Waals surface area contributed by atoms with Gasteiger partial charge < -0.3 is 15.0 Å². The number of nitrogens with one attached hydrogen (secondary N) is 1. The van der Waals surface area contributed by atoms with Crippen molar-refractivity contribution < 1.29 is 14.3 Å². The van der Waals surface area contributed by atoms with Crippen LogP contribution >= 0.6 is 0 Å². The topological polar surface area (TPSA) is 71.5 Å². The van der Waals surface area contributed by atoms with Gasteiger partial charge in [0.25, 0.3) is 0 Å². The van der Waals surface area contributed by atoms with Crippen LogP contribution in [0.5, 0.6) is 0 Å². The molecule has 2 aromatic carbocycles. The lowest BCUT2D eigenvalue weighted by molar-refractivity contribution is -0.120. The molecule has 0 aliphatic carbocycles. The monoisotopic (exact) mass is 403 g/mol. The van der Waals surface area contributed by atoms with Gasteiger partial charge in [0.15, 0.2) is 0 Å². The minimum Gasteiger partial charge on any atom is -0.462 e. The minimum absolute atomic E-state index is 0.0473. The Labute approximate surface area is 175 Å². The lowest BCUT2D eigenvalue weighted by Gasteiger charge is -2.34. The van der Waals surface area contributed by atoms with Crippen molar-refractivity contribution in [2.45, 2.75) is 19.8 Å². The highest BCUT2D eigenvalue weighted by Crippen LogP contribution is 2.33. The molecule has 1 N–H and O–H groups in total. The predicted molar refractivity (Wildman–Crippen MR) is 118 cm³/mol. The van der Waals surface area contributed by atoms with E-state index in [0.29, 0.717) is 25.3 Å². The number of fused-ring (bicyclic) bond motifs is 1. The molecule has 154 valence electrons. The lowest BCUT2D eigenvalue weighted by atomic mass is 9.94. The third-order valence-corrected chi connectivity index (χ3v) is 5.47. The highest BCUT2D eigenvalue weighted by molar-refractivity contribution is 6.05. The number of nitrogens with zero attached hydrogens (tertiary/aromatic N) is 2. The quantitative estimate of drug-likeness (QED) is 0.644. The van der Waals surface area contributed by atoms with Gasteiger partial charge in [-0.25, -0.2) is 4.79 Å². The van der Waals surface area contributed by atoms with E-state index < -0.39 is 0 Å². The van der Waals surface area contributed by atoms with E-state index in [0.717, 1.165) is 35.1 Å². The largest absolute Gasteiger partial charge is 0.462 e. The molecule has 1 aromatic heterocycles.